The van der Waals surface area contributed by atoms with Gasteiger partial charge in [0.15, 0.2) is 0 Å². The summed E-state index contributed by atoms with van der Waals surface area (Å²) in [4.78, 5) is 11.2. The lowest BCUT2D eigenvalue weighted by molar-refractivity contribution is 1.00. The number of hydrazine groups is 1. The van der Waals surface area contributed by atoms with Crippen LogP contribution in [-0.4, -0.2) is 9.97 Å². The van der Waals surface area contributed by atoms with E-state index in [0.717, 1.165) is 17.9 Å². The minimum atomic E-state index is 0.660. The van der Waals surface area contributed by atoms with Crippen molar-refractivity contribution in [2.45, 2.75) is 27.3 Å². The van der Waals surface area contributed by atoms with Gasteiger partial charge in [0, 0.05) is 15.3 Å². The van der Waals surface area contributed by atoms with E-state index in [-0.39, 0.29) is 0 Å². The first-order valence-electron chi connectivity index (χ1n) is 5.71. The van der Waals surface area contributed by atoms with Crippen molar-refractivity contribution in [3.8, 4) is 0 Å². The van der Waals surface area contributed by atoms with E-state index in [4.69, 9.17) is 5.84 Å². The topological polar surface area (TPSA) is 75.9 Å². The van der Waals surface area contributed by atoms with Crippen LogP contribution in [0.5, 0.6) is 0 Å². The SMILES string of the molecule is Cc1nc(NN)c(C)c(NCc2ccc(C)s2)n1. The smallest absolute Gasteiger partial charge is 0.148 e. The summed E-state index contributed by atoms with van der Waals surface area (Å²) in [6, 6.07) is 4.24. The van der Waals surface area contributed by atoms with Crippen molar-refractivity contribution < 1.29 is 0 Å². The maximum atomic E-state index is 5.43. The van der Waals surface area contributed by atoms with Gasteiger partial charge in [0.2, 0.25) is 0 Å². The molecule has 0 atom stereocenters. The Hall–Kier alpha value is -1.66. The highest BCUT2D eigenvalue weighted by molar-refractivity contribution is 7.11. The molecule has 0 unspecified atom stereocenters. The molecule has 0 fully saturated rings. The molecule has 0 aliphatic heterocycles. The van der Waals surface area contributed by atoms with Crippen LogP contribution in [0.2, 0.25) is 0 Å². The van der Waals surface area contributed by atoms with Gasteiger partial charge in [-0.1, -0.05) is 0 Å². The fraction of sp³-hybridized carbons (Fsp3) is 0.333. The zero-order valence-corrected chi connectivity index (χ0v) is 11.6. The van der Waals surface area contributed by atoms with Gasteiger partial charge in [-0.3, -0.25) is 0 Å². The van der Waals surface area contributed by atoms with Gasteiger partial charge in [0.25, 0.3) is 0 Å². The second kappa shape index (κ2) is 5.32. The van der Waals surface area contributed by atoms with Crippen LogP contribution in [0.1, 0.15) is 21.1 Å². The van der Waals surface area contributed by atoms with Crippen molar-refractivity contribution in [2.75, 3.05) is 10.7 Å². The molecule has 96 valence electrons. The molecule has 6 heteroatoms. The van der Waals surface area contributed by atoms with Gasteiger partial charge in [0.1, 0.15) is 17.5 Å². The Morgan fingerprint density at radius 3 is 2.50 bits per heavy atom. The quantitative estimate of drug-likeness (QED) is 0.583. The summed E-state index contributed by atoms with van der Waals surface area (Å²) < 4.78 is 0. The monoisotopic (exact) mass is 263 g/mol. The lowest BCUT2D eigenvalue weighted by atomic mass is 10.3. The molecule has 0 saturated carbocycles. The fourth-order valence-electron chi connectivity index (χ4n) is 1.69. The first-order chi connectivity index (χ1) is 8.60. The number of nitrogen functional groups attached to an aromatic ring is 1. The van der Waals surface area contributed by atoms with Crippen LogP contribution in [0.25, 0.3) is 0 Å². The van der Waals surface area contributed by atoms with Gasteiger partial charge in [0.05, 0.1) is 6.54 Å². The molecule has 0 saturated heterocycles. The van der Waals surface area contributed by atoms with Crippen molar-refractivity contribution in [1.29, 1.82) is 0 Å². The summed E-state index contributed by atoms with van der Waals surface area (Å²) in [5.41, 5.74) is 3.52. The number of nitrogens with one attached hydrogen (secondary N) is 2. The summed E-state index contributed by atoms with van der Waals surface area (Å²) in [5, 5.41) is 3.32. The maximum absolute atomic E-state index is 5.43. The fourth-order valence-corrected chi connectivity index (χ4v) is 2.52. The van der Waals surface area contributed by atoms with Gasteiger partial charge in [-0.15, -0.1) is 11.3 Å². The summed E-state index contributed by atoms with van der Waals surface area (Å²) >= 11 is 1.78. The van der Waals surface area contributed by atoms with Crippen molar-refractivity contribution in [2.24, 2.45) is 5.84 Å². The molecule has 2 aromatic rings. The Bertz CT molecular complexity index is 549. The molecule has 2 heterocycles. The predicted molar refractivity (Wildman–Crippen MR) is 75.7 cm³/mol. The molecule has 2 rings (SSSR count). The largest absolute Gasteiger partial charge is 0.365 e. The molecule has 2 aromatic heterocycles. The van der Waals surface area contributed by atoms with Gasteiger partial charge in [-0.2, -0.15) is 0 Å². The van der Waals surface area contributed by atoms with Crippen molar-refractivity contribution in [3.63, 3.8) is 0 Å². The number of nitrogens with zero attached hydrogens (tertiary/aromatic N) is 2. The van der Waals surface area contributed by atoms with Crippen LogP contribution in [0, 0.1) is 20.8 Å². The number of nitrogens with two attached hydrogens (primary N) is 1. The zero-order valence-electron chi connectivity index (χ0n) is 10.7. The molecule has 0 aromatic carbocycles. The van der Waals surface area contributed by atoms with Crippen LogP contribution in [0.4, 0.5) is 11.6 Å². The van der Waals surface area contributed by atoms with Gasteiger partial charge in [-0.05, 0) is 32.9 Å². The van der Waals surface area contributed by atoms with Crippen molar-refractivity contribution >= 4 is 23.0 Å². The van der Waals surface area contributed by atoms with Crippen LogP contribution in [0.3, 0.4) is 0 Å². The summed E-state index contributed by atoms with van der Waals surface area (Å²) in [7, 11) is 0. The average Bonchev–Trinajstić information content (AvgIpc) is 2.75. The van der Waals surface area contributed by atoms with Gasteiger partial charge in [-0.25, -0.2) is 15.8 Å². The van der Waals surface area contributed by atoms with E-state index in [1.807, 2.05) is 13.8 Å². The maximum Gasteiger partial charge on any atom is 0.148 e. The number of rotatable bonds is 4. The molecule has 0 amide bonds. The average molecular weight is 263 g/mol. The lowest BCUT2D eigenvalue weighted by Crippen LogP contribution is -2.13. The van der Waals surface area contributed by atoms with Crippen LogP contribution < -0.4 is 16.6 Å². The van der Waals surface area contributed by atoms with E-state index < -0.39 is 0 Å². The summed E-state index contributed by atoms with van der Waals surface area (Å²) in [6.45, 7) is 6.65. The molecule has 0 bridgehead atoms. The minimum Gasteiger partial charge on any atom is -0.365 e. The van der Waals surface area contributed by atoms with Gasteiger partial charge >= 0.3 is 0 Å². The van der Waals surface area contributed by atoms with Crippen LogP contribution >= 0.6 is 11.3 Å². The Kier molecular flexibility index (Phi) is 3.78. The molecule has 4 N–H and O–H groups in total. The number of anilines is 2. The molecule has 18 heavy (non-hydrogen) atoms. The van der Waals surface area contributed by atoms with Gasteiger partial charge < -0.3 is 10.7 Å². The summed E-state index contributed by atoms with van der Waals surface area (Å²) in [5.74, 6) is 7.61. The standard InChI is InChI=1S/C12H17N5S/c1-7-4-5-10(18-7)6-14-11-8(2)12(17-13)16-9(3)15-11/h4-5H,6,13H2,1-3H3,(H2,14,15,16,17). The van der Waals surface area contributed by atoms with Crippen LogP contribution in [0.15, 0.2) is 12.1 Å². The Balaban J connectivity index is 2.16. The van der Waals surface area contributed by atoms with E-state index in [9.17, 15) is 0 Å². The lowest BCUT2D eigenvalue weighted by Gasteiger charge is -2.11. The molecule has 0 spiro atoms. The second-order valence-electron chi connectivity index (χ2n) is 4.10. The van der Waals surface area contributed by atoms with Crippen LogP contribution in [-0.2, 0) is 6.54 Å². The normalized spacial score (nSPS) is 10.4. The van der Waals surface area contributed by atoms with E-state index in [0.29, 0.717) is 11.6 Å². The minimum absolute atomic E-state index is 0.660. The number of aryl methyl sites for hydroxylation is 2. The molecular weight excluding hydrogens is 246 g/mol. The van der Waals surface area contributed by atoms with E-state index >= 15 is 0 Å². The zero-order chi connectivity index (χ0) is 13.1. The molecule has 0 radical (unpaired) electrons. The predicted octanol–water partition coefficient (Wildman–Crippen LogP) is 2.36. The number of aromatic nitrogens is 2. The highest BCUT2D eigenvalue weighted by Gasteiger charge is 2.08. The second-order valence-corrected chi connectivity index (χ2v) is 5.48. The third-order valence-electron chi connectivity index (χ3n) is 2.62. The van der Waals surface area contributed by atoms with E-state index in [2.05, 4.69) is 39.8 Å². The number of thiophene rings is 1. The third kappa shape index (κ3) is 2.77. The molecular formula is C12H17N5S. The van der Waals surface area contributed by atoms with Crippen molar-refractivity contribution in [3.05, 3.63) is 33.3 Å². The molecule has 0 aliphatic carbocycles. The molecule has 5 nitrogen and oxygen atoms in total. The summed E-state index contributed by atoms with van der Waals surface area (Å²) in [6.07, 6.45) is 0. The Labute approximate surface area is 110 Å². The highest BCUT2D eigenvalue weighted by Crippen LogP contribution is 2.21. The number of hydrogen-bond acceptors (Lipinski definition) is 6. The van der Waals surface area contributed by atoms with Crippen molar-refractivity contribution in [1.82, 2.24) is 9.97 Å². The molecule has 0 aliphatic rings. The number of hydrogen-bond donors (Lipinski definition) is 3. The first kappa shape index (κ1) is 12.8. The van der Waals surface area contributed by atoms with E-state index in [1.165, 1.54) is 9.75 Å². The Morgan fingerprint density at radius 1 is 1.17 bits per heavy atom. The highest BCUT2D eigenvalue weighted by atomic mass is 32.1. The first-order valence-corrected chi connectivity index (χ1v) is 6.53. The van der Waals surface area contributed by atoms with E-state index in [1.54, 1.807) is 11.3 Å². The third-order valence-corrected chi connectivity index (χ3v) is 3.62. The Morgan fingerprint density at radius 2 is 1.89 bits per heavy atom.